The van der Waals surface area contributed by atoms with E-state index in [0.29, 0.717) is 50.4 Å². The van der Waals surface area contributed by atoms with Gasteiger partial charge in [-0.2, -0.15) is 9.78 Å². The molecule has 9 nitrogen and oxygen atoms in total. The summed E-state index contributed by atoms with van der Waals surface area (Å²) in [4.78, 5) is 28.8. The molecule has 1 aromatic heterocycles. The standard InChI is InChI=1S/C30H23BrN4O5/c1-2-39-27-17-21(16-25(31)28(27)40-19-20-9-8-12-23(15-20)35(37)38)18-32-34-29(22-10-4-3-5-11-22)33-26-14-7-6-13-24(26)30(34)36/h3-18H,2,19H2,1H3. The average Bonchev–Trinajstić information content (AvgIpc) is 2.97. The molecule has 0 bridgehead atoms. The molecule has 0 N–H and O–H groups in total. The number of ether oxygens (including phenoxy) is 2. The first-order valence-electron chi connectivity index (χ1n) is 12.4. The van der Waals surface area contributed by atoms with E-state index < -0.39 is 4.92 Å². The minimum atomic E-state index is -0.446. The lowest BCUT2D eigenvalue weighted by molar-refractivity contribution is -0.384. The van der Waals surface area contributed by atoms with Crippen LogP contribution in [-0.4, -0.2) is 27.4 Å². The van der Waals surface area contributed by atoms with Crippen molar-refractivity contribution in [3.8, 4) is 22.9 Å². The molecule has 0 radical (unpaired) electrons. The monoisotopic (exact) mass is 598 g/mol. The number of benzene rings is 4. The van der Waals surface area contributed by atoms with Gasteiger partial charge in [-0.25, -0.2) is 4.98 Å². The van der Waals surface area contributed by atoms with Gasteiger partial charge < -0.3 is 9.47 Å². The third-order valence-corrected chi connectivity index (χ3v) is 6.53. The minimum absolute atomic E-state index is 0.00921. The lowest BCUT2D eigenvalue weighted by atomic mass is 10.2. The molecule has 0 atom stereocenters. The van der Waals surface area contributed by atoms with Crippen molar-refractivity contribution >= 4 is 38.7 Å². The van der Waals surface area contributed by atoms with Crippen molar-refractivity contribution in [2.45, 2.75) is 13.5 Å². The summed E-state index contributed by atoms with van der Waals surface area (Å²) >= 11 is 3.55. The number of rotatable bonds is 9. The maximum absolute atomic E-state index is 13.4. The first kappa shape index (κ1) is 26.8. The van der Waals surface area contributed by atoms with E-state index in [1.807, 2.05) is 43.3 Å². The Balaban J connectivity index is 1.50. The lowest BCUT2D eigenvalue weighted by Crippen LogP contribution is -2.20. The van der Waals surface area contributed by atoms with Crippen LogP contribution in [0, 0.1) is 10.1 Å². The zero-order valence-corrected chi connectivity index (χ0v) is 22.9. The van der Waals surface area contributed by atoms with Gasteiger partial charge in [0.2, 0.25) is 0 Å². The summed E-state index contributed by atoms with van der Waals surface area (Å²) in [5.41, 5.74) is 2.34. The fraction of sp³-hybridized carbons (Fsp3) is 0.100. The molecule has 0 aliphatic carbocycles. The van der Waals surface area contributed by atoms with Crippen molar-refractivity contribution in [3.63, 3.8) is 0 Å². The molecule has 5 rings (SSSR count). The van der Waals surface area contributed by atoms with E-state index in [4.69, 9.17) is 14.5 Å². The molecule has 10 heteroatoms. The number of aromatic nitrogens is 2. The van der Waals surface area contributed by atoms with Gasteiger partial charge in [0, 0.05) is 17.7 Å². The van der Waals surface area contributed by atoms with E-state index in [1.165, 1.54) is 16.8 Å². The van der Waals surface area contributed by atoms with Crippen LogP contribution in [0.5, 0.6) is 11.5 Å². The molecule has 0 spiro atoms. The van der Waals surface area contributed by atoms with E-state index in [0.717, 1.165) is 5.56 Å². The first-order valence-corrected chi connectivity index (χ1v) is 13.2. The fourth-order valence-corrected chi connectivity index (χ4v) is 4.68. The number of non-ortho nitro benzene ring substituents is 1. The van der Waals surface area contributed by atoms with Crippen LogP contribution in [0.4, 0.5) is 5.69 Å². The highest BCUT2D eigenvalue weighted by Gasteiger charge is 2.15. The Morgan fingerprint density at radius 1 is 1.00 bits per heavy atom. The maximum atomic E-state index is 13.4. The number of hydrogen-bond acceptors (Lipinski definition) is 7. The molecule has 40 heavy (non-hydrogen) atoms. The van der Waals surface area contributed by atoms with Gasteiger partial charge in [0.25, 0.3) is 11.2 Å². The van der Waals surface area contributed by atoms with Gasteiger partial charge in [0.05, 0.1) is 33.1 Å². The Labute approximate surface area is 237 Å². The molecular weight excluding hydrogens is 576 g/mol. The smallest absolute Gasteiger partial charge is 0.282 e. The van der Waals surface area contributed by atoms with E-state index in [9.17, 15) is 14.9 Å². The highest BCUT2D eigenvalue weighted by molar-refractivity contribution is 9.10. The predicted octanol–water partition coefficient (Wildman–Crippen LogP) is 6.59. The van der Waals surface area contributed by atoms with Crippen LogP contribution in [0.1, 0.15) is 18.1 Å². The molecule has 0 aliphatic heterocycles. The summed E-state index contributed by atoms with van der Waals surface area (Å²) in [7, 11) is 0. The fourth-order valence-electron chi connectivity index (χ4n) is 4.11. The number of nitro groups is 1. The highest BCUT2D eigenvalue weighted by Crippen LogP contribution is 2.37. The summed E-state index contributed by atoms with van der Waals surface area (Å²) in [6, 6.07) is 26.4. The molecular formula is C30H23BrN4O5. The topological polar surface area (TPSA) is 109 Å². The van der Waals surface area contributed by atoms with Gasteiger partial charge in [0.1, 0.15) is 6.61 Å². The molecule has 0 saturated heterocycles. The second kappa shape index (κ2) is 11.9. The second-order valence-corrected chi connectivity index (χ2v) is 9.51. The Bertz CT molecular complexity index is 1790. The van der Waals surface area contributed by atoms with Crippen LogP contribution in [0.25, 0.3) is 22.3 Å². The first-order chi connectivity index (χ1) is 19.4. The van der Waals surface area contributed by atoms with Crippen molar-refractivity contribution < 1.29 is 14.4 Å². The SMILES string of the molecule is CCOc1cc(C=Nn2c(-c3ccccc3)nc3ccccc3c2=O)cc(Br)c1OCc1cccc([N+](=O)[O-])c1. The Morgan fingerprint density at radius 2 is 1.77 bits per heavy atom. The van der Waals surface area contributed by atoms with Crippen molar-refractivity contribution in [2.75, 3.05) is 6.61 Å². The van der Waals surface area contributed by atoms with E-state index in [1.54, 1.807) is 48.7 Å². The minimum Gasteiger partial charge on any atom is -0.490 e. The van der Waals surface area contributed by atoms with Gasteiger partial charge in [-0.05, 0) is 58.2 Å². The van der Waals surface area contributed by atoms with Crippen LogP contribution in [0.15, 0.2) is 105 Å². The molecule has 0 saturated carbocycles. The van der Waals surface area contributed by atoms with Crippen molar-refractivity contribution in [3.05, 3.63) is 127 Å². The number of nitro benzene ring substituents is 1. The second-order valence-electron chi connectivity index (χ2n) is 8.66. The molecule has 4 aromatic carbocycles. The lowest BCUT2D eigenvalue weighted by Gasteiger charge is -2.15. The van der Waals surface area contributed by atoms with Gasteiger partial charge >= 0.3 is 0 Å². The van der Waals surface area contributed by atoms with Gasteiger partial charge in [-0.15, -0.1) is 0 Å². The molecule has 5 aromatic rings. The van der Waals surface area contributed by atoms with Crippen LogP contribution >= 0.6 is 15.9 Å². The Morgan fingerprint density at radius 3 is 2.55 bits per heavy atom. The normalized spacial score (nSPS) is 11.2. The average molecular weight is 599 g/mol. The van der Waals surface area contributed by atoms with Crippen LogP contribution in [-0.2, 0) is 6.61 Å². The summed E-state index contributed by atoms with van der Waals surface area (Å²) < 4.78 is 13.7. The summed E-state index contributed by atoms with van der Waals surface area (Å²) in [6.07, 6.45) is 1.56. The molecule has 0 unspecified atom stereocenters. The quantitative estimate of drug-likeness (QED) is 0.107. The Kier molecular flexibility index (Phi) is 7.97. The van der Waals surface area contributed by atoms with Gasteiger partial charge in [-0.3, -0.25) is 14.9 Å². The van der Waals surface area contributed by atoms with E-state index in [-0.39, 0.29) is 17.9 Å². The number of nitrogens with zero attached hydrogens (tertiary/aromatic N) is 4. The molecule has 1 heterocycles. The van der Waals surface area contributed by atoms with Crippen molar-refractivity contribution in [1.29, 1.82) is 0 Å². The van der Waals surface area contributed by atoms with E-state index in [2.05, 4.69) is 21.0 Å². The number of para-hydroxylation sites is 1. The zero-order chi connectivity index (χ0) is 28.1. The molecule has 0 aliphatic rings. The third kappa shape index (κ3) is 5.76. The third-order valence-electron chi connectivity index (χ3n) is 5.94. The zero-order valence-electron chi connectivity index (χ0n) is 21.4. The van der Waals surface area contributed by atoms with Gasteiger partial charge in [0.15, 0.2) is 17.3 Å². The maximum Gasteiger partial charge on any atom is 0.282 e. The molecule has 0 fully saturated rings. The van der Waals surface area contributed by atoms with Crippen molar-refractivity contribution in [1.82, 2.24) is 9.66 Å². The van der Waals surface area contributed by atoms with Crippen LogP contribution in [0.3, 0.4) is 0 Å². The van der Waals surface area contributed by atoms with Crippen molar-refractivity contribution in [2.24, 2.45) is 5.10 Å². The number of fused-ring (bicyclic) bond motifs is 1. The molecule has 0 amide bonds. The molecule has 200 valence electrons. The van der Waals surface area contributed by atoms with Gasteiger partial charge in [-0.1, -0.05) is 54.6 Å². The summed E-state index contributed by atoms with van der Waals surface area (Å²) in [6.45, 7) is 2.34. The highest BCUT2D eigenvalue weighted by atomic mass is 79.9. The van der Waals surface area contributed by atoms with Crippen LogP contribution < -0.4 is 15.0 Å². The predicted molar refractivity (Wildman–Crippen MR) is 157 cm³/mol. The summed E-state index contributed by atoms with van der Waals surface area (Å²) in [5.74, 6) is 1.32. The largest absolute Gasteiger partial charge is 0.490 e. The van der Waals surface area contributed by atoms with E-state index >= 15 is 0 Å². The Hall–Kier alpha value is -4.83. The number of halogens is 1. The number of hydrogen-bond donors (Lipinski definition) is 0. The summed E-state index contributed by atoms with van der Waals surface area (Å²) in [5, 5.41) is 16.1. The van der Waals surface area contributed by atoms with Crippen LogP contribution in [0.2, 0.25) is 0 Å².